The Morgan fingerprint density at radius 1 is 1.10 bits per heavy atom. The monoisotopic (exact) mass is 479 g/mol. The minimum absolute atomic E-state index is 0.0796. The molecule has 0 aliphatic heterocycles. The Hall–Kier alpha value is -0.440. The van der Waals surface area contributed by atoms with Gasteiger partial charge >= 0.3 is 0 Å². The summed E-state index contributed by atoms with van der Waals surface area (Å²) in [5, 5.41) is 0. The van der Waals surface area contributed by atoms with E-state index in [-0.39, 0.29) is 3.92 Å². The first-order valence-electron chi connectivity index (χ1n) is 6.34. The molecule has 0 aliphatic rings. The number of sulfonamides is 1. The quantitative estimate of drug-likeness (QED) is 0.515. The van der Waals surface area contributed by atoms with Crippen LogP contribution in [-0.4, -0.2) is 15.0 Å². The van der Waals surface area contributed by atoms with Crippen molar-refractivity contribution < 1.29 is 8.42 Å². The van der Waals surface area contributed by atoms with Crippen LogP contribution < -0.4 is 4.72 Å². The van der Waals surface area contributed by atoms with E-state index in [1.165, 1.54) is 0 Å². The number of benzene rings is 2. The first-order valence-corrected chi connectivity index (χ1v) is 9.86. The van der Waals surface area contributed by atoms with E-state index in [0.717, 1.165) is 15.6 Å². The summed E-state index contributed by atoms with van der Waals surface area (Å²) in [6.07, 6.45) is 0. The Labute approximate surface area is 147 Å². The molecular formula is C15H15BrINO2S. The van der Waals surface area contributed by atoms with Crippen LogP contribution in [0.3, 0.4) is 0 Å². The molecular weight excluding hydrogens is 465 g/mol. The van der Waals surface area contributed by atoms with Crippen molar-refractivity contribution in [3.63, 3.8) is 0 Å². The van der Waals surface area contributed by atoms with Crippen molar-refractivity contribution in [2.45, 2.75) is 15.7 Å². The molecule has 0 fully saturated rings. The van der Waals surface area contributed by atoms with Crippen LogP contribution in [-0.2, 0) is 10.0 Å². The Bertz CT molecular complexity index is 699. The zero-order valence-corrected chi connectivity index (χ0v) is 15.9. The fraction of sp³-hybridized carbons (Fsp3) is 0.200. The SMILES string of the molecule is Cc1ccc(S(=O)(=O)NCC(I)c2ccc(Br)cc2)cc1. The van der Waals surface area contributed by atoms with E-state index in [2.05, 4.69) is 43.2 Å². The highest BCUT2D eigenvalue weighted by Crippen LogP contribution is 2.24. The van der Waals surface area contributed by atoms with Crippen LogP contribution in [0.1, 0.15) is 15.1 Å². The van der Waals surface area contributed by atoms with E-state index in [1.54, 1.807) is 24.3 Å². The van der Waals surface area contributed by atoms with Gasteiger partial charge in [0.25, 0.3) is 0 Å². The van der Waals surface area contributed by atoms with E-state index < -0.39 is 10.0 Å². The summed E-state index contributed by atoms with van der Waals surface area (Å²) < 4.78 is 28.2. The molecule has 0 amide bonds. The van der Waals surface area contributed by atoms with Crippen molar-refractivity contribution in [2.75, 3.05) is 6.54 Å². The zero-order valence-electron chi connectivity index (χ0n) is 11.4. The maximum Gasteiger partial charge on any atom is 0.240 e. The standard InChI is InChI=1S/C15H15BrINO2S/c1-11-2-8-14(9-3-11)21(19,20)18-10-15(17)12-4-6-13(16)7-5-12/h2-9,15,18H,10H2,1H3. The number of hydrogen-bond donors (Lipinski definition) is 1. The molecule has 0 aliphatic carbocycles. The van der Waals surface area contributed by atoms with Gasteiger partial charge in [0.15, 0.2) is 0 Å². The molecule has 1 atom stereocenters. The lowest BCUT2D eigenvalue weighted by Crippen LogP contribution is -2.26. The van der Waals surface area contributed by atoms with Crippen LogP contribution in [0.4, 0.5) is 0 Å². The number of halogens is 2. The third kappa shape index (κ3) is 4.77. The second-order valence-electron chi connectivity index (χ2n) is 4.68. The van der Waals surface area contributed by atoms with Crippen molar-refractivity contribution in [3.05, 3.63) is 64.1 Å². The molecule has 21 heavy (non-hydrogen) atoms. The van der Waals surface area contributed by atoms with Crippen LogP contribution in [0.15, 0.2) is 57.9 Å². The minimum Gasteiger partial charge on any atom is -0.210 e. The highest BCUT2D eigenvalue weighted by molar-refractivity contribution is 14.1. The predicted octanol–water partition coefficient (Wildman–Crippen LogP) is 4.21. The van der Waals surface area contributed by atoms with Gasteiger partial charge in [0.05, 0.1) is 4.90 Å². The average Bonchev–Trinajstić information content (AvgIpc) is 2.46. The lowest BCUT2D eigenvalue weighted by atomic mass is 10.2. The van der Waals surface area contributed by atoms with Crippen molar-refractivity contribution in [2.24, 2.45) is 0 Å². The summed E-state index contributed by atoms with van der Waals surface area (Å²) in [5.41, 5.74) is 2.13. The molecule has 0 saturated carbocycles. The summed E-state index contributed by atoms with van der Waals surface area (Å²) in [6, 6.07) is 14.7. The second kappa shape index (κ2) is 7.21. The first-order chi connectivity index (χ1) is 9.88. The molecule has 112 valence electrons. The molecule has 6 heteroatoms. The van der Waals surface area contributed by atoms with E-state index in [4.69, 9.17) is 0 Å². The highest BCUT2D eigenvalue weighted by Gasteiger charge is 2.16. The first kappa shape index (κ1) is 16.9. The van der Waals surface area contributed by atoms with Crippen LogP contribution in [0.2, 0.25) is 0 Å². The Morgan fingerprint density at radius 2 is 1.67 bits per heavy atom. The Balaban J connectivity index is 2.04. The molecule has 1 N–H and O–H groups in total. The summed E-state index contributed by atoms with van der Waals surface area (Å²) in [5.74, 6) is 0. The van der Waals surface area contributed by atoms with E-state index in [0.29, 0.717) is 11.4 Å². The van der Waals surface area contributed by atoms with Gasteiger partial charge in [-0.25, -0.2) is 13.1 Å². The molecule has 0 aromatic heterocycles. The molecule has 0 spiro atoms. The normalized spacial score (nSPS) is 13.1. The molecule has 2 aromatic rings. The van der Waals surface area contributed by atoms with E-state index in [9.17, 15) is 8.42 Å². The van der Waals surface area contributed by atoms with Gasteiger partial charge < -0.3 is 0 Å². The lowest BCUT2D eigenvalue weighted by Gasteiger charge is -2.12. The van der Waals surface area contributed by atoms with Crippen LogP contribution >= 0.6 is 38.5 Å². The summed E-state index contributed by atoms with van der Waals surface area (Å²) >= 11 is 5.63. The van der Waals surface area contributed by atoms with Gasteiger partial charge in [-0.1, -0.05) is 68.3 Å². The number of aryl methyl sites for hydroxylation is 1. The van der Waals surface area contributed by atoms with Crippen molar-refractivity contribution in [3.8, 4) is 0 Å². The fourth-order valence-electron chi connectivity index (χ4n) is 1.77. The topological polar surface area (TPSA) is 46.2 Å². The minimum atomic E-state index is -3.45. The molecule has 2 aromatic carbocycles. The molecule has 0 radical (unpaired) electrons. The molecule has 2 rings (SSSR count). The third-order valence-corrected chi connectivity index (χ3v) is 6.14. The zero-order chi connectivity index (χ0) is 15.5. The lowest BCUT2D eigenvalue weighted by molar-refractivity contribution is 0.582. The largest absolute Gasteiger partial charge is 0.240 e. The maximum atomic E-state index is 12.2. The van der Waals surface area contributed by atoms with Crippen LogP contribution in [0.25, 0.3) is 0 Å². The van der Waals surface area contributed by atoms with E-state index in [1.807, 2.05) is 31.2 Å². The molecule has 0 heterocycles. The summed E-state index contributed by atoms with van der Waals surface area (Å²) in [6.45, 7) is 2.29. The van der Waals surface area contributed by atoms with Gasteiger partial charge in [-0.05, 0) is 36.8 Å². The Kier molecular flexibility index (Phi) is 5.81. The van der Waals surface area contributed by atoms with Gasteiger partial charge in [0.2, 0.25) is 10.0 Å². The second-order valence-corrected chi connectivity index (χ2v) is 8.87. The maximum absolute atomic E-state index is 12.2. The van der Waals surface area contributed by atoms with Gasteiger partial charge in [0, 0.05) is 14.9 Å². The molecule has 0 saturated heterocycles. The summed E-state index contributed by atoms with van der Waals surface area (Å²) in [4.78, 5) is 0.299. The van der Waals surface area contributed by atoms with Gasteiger partial charge in [-0.3, -0.25) is 0 Å². The third-order valence-electron chi connectivity index (χ3n) is 3.02. The average molecular weight is 480 g/mol. The predicted molar refractivity (Wildman–Crippen MR) is 97.3 cm³/mol. The van der Waals surface area contributed by atoms with Gasteiger partial charge in [-0.15, -0.1) is 0 Å². The Morgan fingerprint density at radius 3 is 2.24 bits per heavy atom. The summed E-state index contributed by atoms with van der Waals surface area (Å²) in [7, 11) is -3.45. The molecule has 1 unspecified atom stereocenters. The number of rotatable bonds is 5. The van der Waals surface area contributed by atoms with Crippen molar-refractivity contribution >= 4 is 48.5 Å². The highest BCUT2D eigenvalue weighted by atomic mass is 127. The van der Waals surface area contributed by atoms with Gasteiger partial charge in [-0.2, -0.15) is 0 Å². The van der Waals surface area contributed by atoms with Crippen molar-refractivity contribution in [1.82, 2.24) is 4.72 Å². The van der Waals surface area contributed by atoms with E-state index >= 15 is 0 Å². The van der Waals surface area contributed by atoms with Crippen molar-refractivity contribution in [1.29, 1.82) is 0 Å². The fourth-order valence-corrected chi connectivity index (χ4v) is 4.02. The molecule has 0 bridgehead atoms. The van der Waals surface area contributed by atoms with Crippen LogP contribution in [0, 0.1) is 6.92 Å². The smallest absolute Gasteiger partial charge is 0.210 e. The van der Waals surface area contributed by atoms with Gasteiger partial charge in [0.1, 0.15) is 0 Å². The number of hydrogen-bond acceptors (Lipinski definition) is 2. The number of nitrogens with one attached hydrogen (secondary N) is 1. The number of alkyl halides is 1. The molecule has 3 nitrogen and oxygen atoms in total. The van der Waals surface area contributed by atoms with Crippen LogP contribution in [0.5, 0.6) is 0 Å².